The lowest BCUT2D eigenvalue weighted by Crippen LogP contribution is -2.51. The maximum Gasteiger partial charge on any atom is 0.244 e. The van der Waals surface area contributed by atoms with E-state index in [0.717, 1.165) is 22.5 Å². The number of para-hydroxylation sites is 1. The average Bonchev–Trinajstić information content (AvgIpc) is 2.74. The van der Waals surface area contributed by atoms with E-state index in [1.807, 2.05) is 37.3 Å². The van der Waals surface area contributed by atoms with Crippen molar-refractivity contribution in [3.8, 4) is 0 Å². The van der Waals surface area contributed by atoms with Crippen molar-refractivity contribution in [3.63, 3.8) is 0 Å². The predicted molar refractivity (Wildman–Crippen MR) is 118 cm³/mol. The van der Waals surface area contributed by atoms with Crippen LogP contribution in [0.25, 0.3) is 0 Å². The number of carbonyl (C=O) groups is 2. The minimum absolute atomic E-state index is 0.201. The molecular formula is C22H29N3O4S. The first-order chi connectivity index (χ1) is 14.2. The van der Waals surface area contributed by atoms with Crippen LogP contribution < -0.4 is 9.62 Å². The van der Waals surface area contributed by atoms with E-state index in [-0.39, 0.29) is 19.0 Å². The highest BCUT2D eigenvalue weighted by Gasteiger charge is 2.29. The first-order valence-corrected chi connectivity index (χ1v) is 11.7. The summed E-state index contributed by atoms with van der Waals surface area (Å²) in [6, 6.07) is 17.0. The number of hydrogen-bond donors (Lipinski definition) is 1. The Labute approximate surface area is 178 Å². The number of nitrogens with zero attached hydrogens (tertiary/aromatic N) is 2. The number of benzene rings is 2. The van der Waals surface area contributed by atoms with Crippen molar-refractivity contribution in [3.05, 3.63) is 66.2 Å². The molecule has 0 aliphatic carbocycles. The molecule has 2 aromatic rings. The Morgan fingerprint density at radius 3 is 2.10 bits per heavy atom. The molecule has 0 aliphatic rings. The SMILES string of the molecule is CCCNC(=O)[C@H](C)N(Cc1ccccc1)C(=O)CN(c1ccccc1)S(C)(=O)=O. The predicted octanol–water partition coefficient (Wildman–Crippen LogP) is 2.40. The van der Waals surface area contributed by atoms with E-state index in [9.17, 15) is 18.0 Å². The van der Waals surface area contributed by atoms with Gasteiger partial charge in [-0.05, 0) is 31.0 Å². The summed E-state index contributed by atoms with van der Waals surface area (Å²) in [6.07, 6.45) is 1.84. The summed E-state index contributed by atoms with van der Waals surface area (Å²) < 4.78 is 25.8. The van der Waals surface area contributed by atoms with E-state index >= 15 is 0 Å². The molecule has 0 spiro atoms. The topological polar surface area (TPSA) is 86.8 Å². The van der Waals surface area contributed by atoms with Crippen molar-refractivity contribution in [1.82, 2.24) is 10.2 Å². The Bertz CT molecular complexity index is 933. The number of amides is 2. The minimum Gasteiger partial charge on any atom is -0.354 e. The van der Waals surface area contributed by atoms with Gasteiger partial charge in [-0.1, -0.05) is 55.5 Å². The molecule has 162 valence electrons. The van der Waals surface area contributed by atoms with Crippen molar-refractivity contribution < 1.29 is 18.0 Å². The average molecular weight is 432 g/mol. The molecule has 0 heterocycles. The van der Waals surface area contributed by atoms with Gasteiger partial charge >= 0.3 is 0 Å². The minimum atomic E-state index is -3.69. The van der Waals surface area contributed by atoms with Gasteiger partial charge in [0.15, 0.2) is 0 Å². The molecule has 2 aromatic carbocycles. The smallest absolute Gasteiger partial charge is 0.244 e. The van der Waals surface area contributed by atoms with Gasteiger partial charge in [-0.15, -0.1) is 0 Å². The zero-order chi connectivity index (χ0) is 22.1. The van der Waals surface area contributed by atoms with Crippen LogP contribution in [0.4, 0.5) is 5.69 Å². The van der Waals surface area contributed by atoms with Crippen LogP contribution in [0.1, 0.15) is 25.8 Å². The summed E-state index contributed by atoms with van der Waals surface area (Å²) in [5.74, 6) is -0.723. The van der Waals surface area contributed by atoms with E-state index in [1.54, 1.807) is 37.3 Å². The van der Waals surface area contributed by atoms with Crippen molar-refractivity contribution >= 4 is 27.5 Å². The van der Waals surface area contributed by atoms with Gasteiger partial charge in [-0.2, -0.15) is 0 Å². The number of sulfonamides is 1. The second-order valence-corrected chi connectivity index (χ2v) is 8.99. The molecular weight excluding hydrogens is 402 g/mol. The summed E-state index contributed by atoms with van der Waals surface area (Å²) >= 11 is 0. The Morgan fingerprint density at radius 1 is 1.00 bits per heavy atom. The normalized spacial score (nSPS) is 12.1. The Hall–Kier alpha value is -2.87. The number of rotatable bonds is 10. The molecule has 0 radical (unpaired) electrons. The van der Waals surface area contributed by atoms with Crippen LogP contribution in [0.15, 0.2) is 60.7 Å². The molecule has 2 amide bonds. The van der Waals surface area contributed by atoms with E-state index in [2.05, 4.69) is 5.32 Å². The third-order valence-electron chi connectivity index (χ3n) is 4.64. The molecule has 2 rings (SSSR count). The first kappa shape index (κ1) is 23.4. The molecule has 30 heavy (non-hydrogen) atoms. The van der Waals surface area contributed by atoms with Gasteiger partial charge < -0.3 is 10.2 Å². The van der Waals surface area contributed by atoms with Crippen LogP contribution in [0.5, 0.6) is 0 Å². The fourth-order valence-corrected chi connectivity index (χ4v) is 3.82. The van der Waals surface area contributed by atoms with Gasteiger partial charge in [-0.3, -0.25) is 13.9 Å². The van der Waals surface area contributed by atoms with E-state index in [1.165, 1.54) is 4.90 Å². The number of hydrogen-bond acceptors (Lipinski definition) is 4. The van der Waals surface area contributed by atoms with E-state index in [4.69, 9.17) is 0 Å². The molecule has 8 heteroatoms. The summed E-state index contributed by atoms with van der Waals surface area (Å²) in [5, 5.41) is 2.80. The van der Waals surface area contributed by atoms with Gasteiger partial charge in [0.05, 0.1) is 11.9 Å². The molecule has 0 saturated heterocycles. The Morgan fingerprint density at radius 2 is 1.57 bits per heavy atom. The molecule has 1 N–H and O–H groups in total. The quantitative estimate of drug-likeness (QED) is 0.626. The molecule has 0 fully saturated rings. The molecule has 0 saturated carbocycles. The number of nitrogens with one attached hydrogen (secondary N) is 1. The molecule has 0 aromatic heterocycles. The van der Waals surface area contributed by atoms with Gasteiger partial charge in [0, 0.05) is 13.1 Å². The molecule has 7 nitrogen and oxygen atoms in total. The zero-order valence-corrected chi connectivity index (χ0v) is 18.4. The fraction of sp³-hybridized carbons (Fsp3) is 0.364. The molecule has 1 atom stereocenters. The second kappa shape index (κ2) is 10.8. The number of carbonyl (C=O) groups excluding carboxylic acids is 2. The molecule has 0 aliphatic heterocycles. The van der Waals surface area contributed by atoms with Gasteiger partial charge in [0.2, 0.25) is 21.8 Å². The van der Waals surface area contributed by atoms with Crippen LogP contribution in [0.2, 0.25) is 0 Å². The fourth-order valence-electron chi connectivity index (χ4n) is 2.97. The van der Waals surface area contributed by atoms with E-state index < -0.39 is 22.0 Å². The Balaban J connectivity index is 2.31. The van der Waals surface area contributed by atoms with Crippen LogP contribution in [-0.2, 0) is 26.2 Å². The highest BCUT2D eigenvalue weighted by atomic mass is 32.2. The van der Waals surface area contributed by atoms with Crippen LogP contribution in [0.3, 0.4) is 0 Å². The zero-order valence-electron chi connectivity index (χ0n) is 17.6. The number of anilines is 1. The van der Waals surface area contributed by atoms with Gasteiger partial charge in [-0.25, -0.2) is 8.42 Å². The van der Waals surface area contributed by atoms with Crippen molar-refractivity contribution in [2.45, 2.75) is 32.9 Å². The van der Waals surface area contributed by atoms with E-state index in [0.29, 0.717) is 12.2 Å². The Kier molecular flexibility index (Phi) is 8.41. The highest BCUT2D eigenvalue weighted by molar-refractivity contribution is 7.92. The van der Waals surface area contributed by atoms with Gasteiger partial charge in [0.1, 0.15) is 12.6 Å². The molecule has 0 unspecified atom stereocenters. The van der Waals surface area contributed by atoms with Crippen molar-refractivity contribution in [1.29, 1.82) is 0 Å². The standard InChI is InChI=1S/C22H29N3O4S/c1-4-15-23-22(27)18(2)24(16-19-11-7-5-8-12-19)21(26)17-25(30(3,28)29)20-13-9-6-10-14-20/h5-14,18H,4,15-17H2,1-3H3,(H,23,27)/t18-/m0/s1. The second-order valence-electron chi connectivity index (χ2n) is 7.08. The monoisotopic (exact) mass is 431 g/mol. The molecule has 0 bridgehead atoms. The summed E-state index contributed by atoms with van der Waals surface area (Å²) in [5.41, 5.74) is 1.25. The maximum absolute atomic E-state index is 13.2. The first-order valence-electron chi connectivity index (χ1n) is 9.88. The van der Waals surface area contributed by atoms with Crippen LogP contribution >= 0.6 is 0 Å². The third-order valence-corrected chi connectivity index (χ3v) is 5.78. The summed E-state index contributed by atoms with van der Waals surface area (Å²) in [6.45, 7) is 3.92. The summed E-state index contributed by atoms with van der Waals surface area (Å²) in [4.78, 5) is 27.2. The maximum atomic E-state index is 13.2. The largest absolute Gasteiger partial charge is 0.354 e. The summed E-state index contributed by atoms with van der Waals surface area (Å²) in [7, 11) is -3.69. The lowest BCUT2D eigenvalue weighted by atomic mass is 10.1. The van der Waals surface area contributed by atoms with Crippen LogP contribution in [-0.4, -0.2) is 50.5 Å². The van der Waals surface area contributed by atoms with Gasteiger partial charge in [0.25, 0.3) is 0 Å². The van der Waals surface area contributed by atoms with Crippen LogP contribution in [0, 0.1) is 0 Å². The lowest BCUT2D eigenvalue weighted by Gasteiger charge is -2.31. The van der Waals surface area contributed by atoms with Crippen molar-refractivity contribution in [2.24, 2.45) is 0 Å². The van der Waals surface area contributed by atoms with Crippen molar-refractivity contribution in [2.75, 3.05) is 23.7 Å². The highest BCUT2D eigenvalue weighted by Crippen LogP contribution is 2.18. The lowest BCUT2D eigenvalue weighted by molar-refractivity contribution is -0.139. The third kappa shape index (κ3) is 6.59.